The monoisotopic (exact) mass is 141 g/mol. The number of hydrogen-bond acceptors (Lipinski definition) is 2. The van der Waals surface area contributed by atoms with Crippen LogP contribution in [0.15, 0.2) is 0 Å². The number of hydrazine groups is 1. The molecular formula is C7H13N2O. The van der Waals surface area contributed by atoms with Crippen molar-refractivity contribution in [2.45, 2.75) is 19.8 Å². The van der Waals surface area contributed by atoms with Crippen LogP contribution in [0.25, 0.3) is 0 Å². The van der Waals surface area contributed by atoms with Gasteiger partial charge in [-0.15, -0.1) is 0 Å². The Morgan fingerprint density at radius 3 is 2.60 bits per heavy atom. The predicted molar refractivity (Wildman–Crippen MR) is 38.8 cm³/mol. The van der Waals surface area contributed by atoms with E-state index in [4.69, 9.17) is 0 Å². The van der Waals surface area contributed by atoms with Crippen molar-refractivity contribution < 1.29 is 4.79 Å². The lowest BCUT2D eigenvalue weighted by Crippen LogP contribution is -2.42. The second kappa shape index (κ2) is 3.56. The number of nitrogens with zero attached hydrogens (tertiary/aromatic N) is 1. The van der Waals surface area contributed by atoms with Crippen molar-refractivity contribution in [1.82, 2.24) is 10.4 Å². The van der Waals surface area contributed by atoms with Crippen LogP contribution in [-0.2, 0) is 4.79 Å². The molecule has 3 heteroatoms. The van der Waals surface area contributed by atoms with Gasteiger partial charge in [0.25, 0.3) is 0 Å². The Balaban J connectivity index is 2.19. The fourth-order valence-corrected chi connectivity index (χ4v) is 1.18. The summed E-state index contributed by atoms with van der Waals surface area (Å²) in [7, 11) is 0. The summed E-state index contributed by atoms with van der Waals surface area (Å²) in [5.74, 6) is 0.810. The number of amides is 1. The lowest BCUT2D eigenvalue weighted by Gasteiger charge is -2.28. The van der Waals surface area contributed by atoms with Crippen molar-refractivity contribution in [1.29, 1.82) is 0 Å². The largest absolute Gasteiger partial charge is 0.324 e. The summed E-state index contributed by atoms with van der Waals surface area (Å²) in [5.41, 5.74) is 2.53. The first-order valence-electron chi connectivity index (χ1n) is 3.70. The molecule has 1 N–H and O–H groups in total. The van der Waals surface area contributed by atoms with Crippen molar-refractivity contribution in [3.8, 4) is 0 Å². The third-order valence-electron chi connectivity index (χ3n) is 1.99. The van der Waals surface area contributed by atoms with E-state index in [1.165, 1.54) is 12.8 Å². The third-order valence-corrected chi connectivity index (χ3v) is 1.99. The zero-order chi connectivity index (χ0) is 7.40. The van der Waals surface area contributed by atoms with Crippen LogP contribution in [0.3, 0.4) is 0 Å². The molecule has 1 aliphatic rings. The zero-order valence-electron chi connectivity index (χ0n) is 6.26. The highest BCUT2D eigenvalue weighted by atomic mass is 16.1. The van der Waals surface area contributed by atoms with E-state index in [1.54, 1.807) is 6.41 Å². The molecule has 0 aliphatic carbocycles. The molecule has 1 aliphatic heterocycles. The highest BCUT2D eigenvalue weighted by Gasteiger charge is 2.14. The number of piperidine rings is 1. The number of rotatable bonds is 2. The summed E-state index contributed by atoms with van der Waals surface area (Å²) < 4.78 is 0. The Morgan fingerprint density at radius 1 is 1.50 bits per heavy atom. The van der Waals surface area contributed by atoms with Gasteiger partial charge in [-0.2, -0.15) is 0 Å². The quantitative estimate of drug-likeness (QED) is 0.560. The van der Waals surface area contributed by atoms with Crippen LogP contribution in [0.4, 0.5) is 0 Å². The highest BCUT2D eigenvalue weighted by molar-refractivity contribution is 5.46. The predicted octanol–water partition coefficient (Wildman–Crippen LogP) is 0.290. The van der Waals surface area contributed by atoms with E-state index in [2.05, 4.69) is 12.3 Å². The molecule has 1 rings (SSSR count). The lowest BCUT2D eigenvalue weighted by molar-refractivity contribution is 0.160. The minimum atomic E-state index is 0.810. The number of nitrogens with one attached hydrogen (secondary N) is 1. The van der Waals surface area contributed by atoms with Crippen LogP contribution in [0.2, 0.25) is 0 Å². The second-order valence-corrected chi connectivity index (χ2v) is 2.88. The molecule has 3 nitrogen and oxygen atoms in total. The van der Waals surface area contributed by atoms with Crippen molar-refractivity contribution in [3.05, 3.63) is 0 Å². The van der Waals surface area contributed by atoms with E-state index < -0.39 is 0 Å². The third kappa shape index (κ3) is 1.99. The van der Waals surface area contributed by atoms with Gasteiger partial charge in [-0.1, -0.05) is 6.92 Å². The number of hydrogen-bond donors (Lipinski definition) is 1. The Kier molecular flexibility index (Phi) is 2.68. The van der Waals surface area contributed by atoms with Gasteiger partial charge in [0, 0.05) is 13.1 Å². The maximum Gasteiger partial charge on any atom is 0.324 e. The Bertz CT molecular complexity index is 108. The van der Waals surface area contributed by atoms with Gasteiger partial charge in [-0.3, -0.25) is 10.2 Å². The Labute approximate surface area is 61.4 Å². The van der Waals surface area contributed by atoms with E-state index in [9.17, 15) is 4.79 Å². The summed E-state index contributed by atoms with van der Waals surface area (Å²) in [6.07, 6.45) is 4.03. The van der Waals surface area contributed by atoms with Gasteiger partial charge in [-0.25, -0.2) is 5.01 Å². The second-order valence-electron chi connectivity index (χ2n) is 2.88. The molecule has 0 aromatic carbocycles. The van der Waals surface area contributed by atoms with Gasteiger partial charge in [0.15, 0.2) is 0 Å². The van der Waals surface area contributed by atoms with E-state index in [1.807, 2.05) is 5.01 Å². The number of carbonyl (C=O) groups excluding carboxylic acids is 1. The molecule has 10 heavy (non-hydrogen) atoms. The summed E-state index contributed by atoms with van der Waals surface area (Å²) in [4.78, 5) is 9.88. The first-order chi connectivity index (χ1) is 4.83. The molecule has 0 saturated carbocycles. The van der Waals surface area contributed by atoms with Crippen molar-refractivity contribution in [2.24, 2.45) is 5.92 Å². The summed E-state index contributed by atoms with van der Waals surface area (Å²) in [6, 6.07) is 0. The topological polar surface area (TPSA) is 32.3 Å². The molecule has 0 bridgehead atoms. The summed E-state index contributed by atoms with van der Waals surface area (Å²) in [6.45, 7) is 4.18. The van der Waals surface area contributed by atoms with Gasteiger partial charge < -0.3 is 0 Å². The summed E-state index contributed by atoms with van der Waals surface area (Å²) in [5, 5.41) is 1.91. The molecule has 1 saturated heterocycles. The normalized spacial score (nSPS) is 22.5. The molecule has 1 fully saturated rings. The molecule has 0 aromatic heterocycles. The van der Waals surface area contributed by atoms with Gasteiger partial charge in [-0.05, 0) is 18.8 Å². The van der Waals surface area contributed by atoms with Crippen LogP contribution >= 0.6 is 0 Å². The fourth-order valence-electron chi connectivity index (χ4n) is 1.18. The average Bonchev–Trinajstić information content (AvgIpc) is 1.95. The molecule has 57 valence electrons. The Hall–Kier alpha value is -0.570. The minimum absolute atomic E-state index is 0.810. The highest BCUT2D eigenvalue weighted by Crippen LogP contribution is 2.13. The van der Waals surface area contributed by atoms with Gasteiger partial charge in [0.2, 0.25) is 0 Å². The fraction of sp³-hybridized carbons (Fsp3) is 0.857. The zero-order valence-corrected chi connectivity index (χ0v) is 6.26. The first kappa shape index (κ1) is 7.54. The van der Waals surface area contributed by atoms with E-state index in [-0.39, 0.29) is 0 Å². The standard InChI is InChI=1S/C7H13N2O/c1-7-2-4-9(5-3-7)8-6-10/h7H,2-5H2,1H3,(H,8,10). The molecule has 0 unspecified atom stereocenters. The molecule has 0 atom stereocenters. The lowest BCUT2D eigenvalue weighted by atomic mass is 10.0. The van der Waals surface area contributed by atoms with E-state index in [0.29, 0.717) is 0 Å². The maximum absolute atomic E-state index is 9.88. The van der Waals surface area contributed by atoms with Crippen LogP contribution < -0.4 is 5.43 Å². The van der Waals surface area contributed by atoms with Crippen molar-refractivity contribution in [3.63, 3.8) is 0 Å². The van der Waals surface area contributed by atoms with Crippen molar-refractivity contribution in [2.75, 3.05) is 13.1 Å². The summed E-state index contributed by atoms with van der Waals surface area (Å²) >= 11 is 0. The van der Waals surface area contributed by atoms with Crippen LogP contribution in [0, 0.1) is 5.92 Å². The molecule has 1 radical (unpaired) electrons. The molecule has 0 aromatic rings. The SMILES string of the molecule is CC1CCN(N[C]=O)CC1. The molecule has 1 amide bonds. The van der Waals surface area contributed by atoms with Gasteiger partial charge in [0.05, 0.1) is 0 Å². The minimum Gasteiger partial charge on any atom is -0.280 e. The maximum atomic E-state index is 9.88. The molecule has 1 heterocycles. The molecular weight excluding hydrogens is 128 g/mol. The van der Waals surface area contributed by atoms with Crippen molar-refractivity contribution >= 4 is 6.41 Å². The molecule has 0 spiro atoms. The van der Waals surface area contributed by atoms with Crippen LogP contribution in [0.5, 0.6) is 0 Å². The smallest absolute Gasteiger partial charge is 0.280 e. The van der Waals surface area contributed by atoms with Crippen LogP contribution in [0.1, 0.15) is 19.8 Å². The van der Waals surface area contributed by atoms with E-state index in [0.717, 1.165) is 19.0 Å². The van der Waals surface area contributed by atoms with E-state index >= 15 is 0 Å². The average molecular weight is 141 g/mol. The van der Waals surface area contributed by atoms with Gasteiger partial charge in [0.1, 0.15) is 0 Å². The first-order valence-corrected chi connectivity index (χ1v) is 3.70. The Morgan fingerprint density at radius 2 is 2.10 bits per heavy atom. The van der Waals surface area contributed by atoms with Gasteiger partial charge >= 0.3 is 6.41 Å². The van der Waals surface area contributed by atoms with Crippen LogP contribution in [-0.4, -0.2) is 24.5 Å².